The molecule has 1 aliphatic heterocycles. The first-order valence-corrected chi connectivity index (χ1v) is 8.62. The number of likely N-dealkylation sites (tertiary alicyclic amines) is 1. The van der Waals surface area contributed by atoms with Crippen LogP contribution in [0, 0.1) is 11.8 Å². The summed E-state index contributed by atoms with van der Waals surface area (Å²) in [5, 5.41) is 10.9. The monoisotopic (exact) mass is 319 g/mol. The van der Waals surface area contributed by atoms with E-state index in [1.807, 2.05) is 9.47 Å². The van der Waals surface area contributed by atoms with Crippen molar-refractivity contribution >= 4 is 11.8 Å². The maximum absolute atomic E-state index is 12.3. The standard InChI is InChI=1S/C16H25N5O2/c1-2-7-21-11-18-19-14(21)10-17-15(22)12-5-8-20(9-6-12)16(23)13-3-4-13/h11-13H,2-10H2,1H3,(H,17,22). The molecule has 3 rings (SSSR count). The second-order valence-corrected chi connectivity index (χ2v) is 6.53. The first kappa shape index (κ1) is 16.0. The zero-order valence-electron chi connectivity index (χ0n) is 13.7. The molecule has 2 amide bonds. The molecule has 1 aromatic heterocycles. The molecule has 7 nitrogen and oxygen atoms in total. The number of hydrogen-bond donors (Lipinski definition) is 1. The molecule has 1 saturated carbocycles. The van der Waals surface area contributed by atoms with Crippen molar-refractivity contribution in [3.05, 3.63) is 12.2 Å². The lowest BCUT2D eigenvalue weighted by molar-refractivity contribution is -0.136. The van der Waals surface area contributed by atoms with Crippen molar-refractivity contribution in [3.63, 3.8) is 0 Å². The molecule has 0 atom stereocenters. The van der Waals surface area contributed by atoms with Crippen LogP contribution in [-0.4, -0.2) is 44.6 Å². The average molecular weight is 319 g/mol. The lowest BCUT2D eigenvalue weighted by Gasteiger charge is -2.31. The molecule has 1 saturated heterocycles. The van der Waals surface area contributed by atoms with Crippen LogP contribution in [0.15, 0.2) is 6.33 Å². The number of nitrogens with one attached hydrogen (secondary N) is 1. The van der Waals surface area contributed by atoms with Crippen molar-refractivity contribution in [2.24, 2.45) is 11.8 Å². The molecule has 0 radical (unpaired) electrons. The Balaban J connectivity index is 1.44. The number of aromatic nitrogens is 3. The third kappa shape index (κ3) is 3.89. The summed E-state index contributed by atoms with van der Waals surface area (Å²) in [6, 6.07) is 0. The first-order valence-electron chi connectivity index (χ1n) is 8.62. The van der Waals surface area contributed by atoms with Gasteiger partial charge in [-0.2, -0.15) is 0 Å². The van der Waals surface area contributed by atoms with Crippen LogP contribution in [0.2, 0.25) is 0 Å². The molecule has 0 aromatic carbocycles. The van der Waals surface area contributed by atoms with Crippen LogP contribution in [0.25, 0.3) is 0 Å². The molecule has 1 aliphatic carbocycles. The molecule has 1 aromatic rings. The lowest BCUT2D eigenvalue weighted by Crippen LogP contribution is -2.43. The zero-order valence-corrected chi connectivity index (χ0v) is 13.7. The Labute approximate surface area is 136 Å². The average Bonchev–Trinajstić information content (AvgIpc) is 3.33. The van der Waals surface area contributed by atoms with Gasteiger partial charge in [-0.25, -0.2) is 0 Å². The number of amides is 2. The molecule has 23 heavy (non-hydrogen) atoms. The summed E-state index contributed by atoms with van der Waals surface area (Å²) < 4.78 is 1.97. The van der Waals surface area contributed by atoms with E-state index in [2.05, 4.69) is 22.4 Å². The predicted octanol–water partition coefficient (Wildman–Crippen LogP) is 0.953. The first-order chi connectivity index (χ1) is 11.2. The van der Waals surface area contributed by atoms with Gasteiger partial charge in [0.05, 0.1) is 6.54 Å². The zero-order chi connectivity index (χ0) is 16.2. The van der Waals surface area contributed by atoms with Crippen LogP contribution in [0.3, 0.4) is 0 Å². The van der Waals surface area contributed by atoms with Gasteiger partial charge >= 0.3 is 0 Å². The summed E-state index contributed by atoms with van der Waals surface area (Å²) in [5.41, 5.74) is 0. The van der Waals surface area contributed by atoms with Crippen molar-refractivity contribution < 1.29 is 9.59 Å². The molecule has 1 N–H and O–H groups in total. The fourth-order valence-corrected chi connectivity index (χ4v) is 3.10. The Bertz CT molecular complexity index is 559. The molecule has 126 valence electrons. The summed E-state index contributed by atoms with van der Waals surface area (Å²) in [7, 11) is 0. The molecule has 0 spiro atoms. The molecular formula is C16H25N5O2. The van der Waals surface area contributed by atoms with Crippen LogP contribution in [0.4, 0.5) is 0 Å². The van der Waals surface area contributed by atoms with Crippen molar-refractivity contribution in [1.82, 2.24) is 25.0 Å². The van der Waals surface area contributed by atoms with Crippen molar-refractivity contribution in [2.45, 2.75) is 52.1 Å². The summed E-state index contributed by atoms with van der Waals surface area (Å²) in [6.45, 7) is 4.79. The maximum Gasteiger partial charge on any atom is 0.225 e. The third-order valence-electron chi connectivity index (χ3n) is 4.68. The van der Waals surface area contributed by atoms with Crippen molar-refractivity contribution in [3.8, 4) is 0 Å². The topological polar surface area (TPSA) is 80.1 Å². The highest BCUT2D eigenvalue weighted by atomic mass is 16.2. The lowest BCUT2D eigenvalue weighted by atomic mass is 9.95. The van der Waals surface area contributed by atoms with Gasteiger partial charge < -0.3 is 14.8 Å². The van der Waals surface area contributed by atoms with Gasteiger partial charge in [-0.1, -0.05) is 6.92 Å². The maximum atomic E-state index is 12.3. The summed E-state index contributed by atoms with van der Waals surface area (Å²) in [5.74, 6) is 1.42. The number of piperidine rings is 1. The van der Waals surface area contributed by atoms with Crippen LogP contribution >= 0.6 is 0 Å². The fraction of sp³-hybridized carbons (Fsp3) is 0.750. The van der Waals surface area contributed by atoms with Crippen LogP contribution in [-0.2, 0) is 22.7 Å². The van der Waals surface area contributed by atoms with E-state index in [4.69, 9.17) is 0 Å². The second kappa shape index (κ2) is 7.10. The van der Waals surface area contributed by atoms with Gasteiger partial charge in [-0.15, -0.1) is 10.2 Å². The number of carbonyl (C=O) groups excluding carboxylic acids is 2. The van der Waals surface area contributed by atoms with Gasteiger partial charge in [0.25, 0.3) is 0 Å². The van der Waals surface area contributed by atoms with E-state index in [9.17, 15) is 9.59 Å². The van der Waals surface area contributed by atoms with Gasteiger partial charge in [0.15, 0.2) is 5.82 Å². The minimum absolute atomic E-state index is 0.000740. The Morgan fingerprint density at radius 2 is 1.96 bits per heavy atom. The largest absolute Gasteiger partial charge is 0.349 e. The highest BCUT2D eigenvalue weighted by Crippen LogP contribution is 2.32. The van der Waals surface area contributed by atoms with E-state index in [1.165, 1.54) is 0 Å². The molecule has 0 bridgehead atoms. The SMILES string of the molecule is CCCn1cnnc1CNC(=O)C1CCN(C(=O)C2CC2)CC1. The van der Waals surface area contributed by atoms with E-state index in [0.29, 0.717) is 19.6 Å². The smallest absolute Gasteiger partial charge is 0.225 e. The Hall–Kier alpha value is -1.92. The molecule has 2 fully saturated rings. The number of rotatable bonds is 6. The van der Waals surface area contributed by atoms with Gasteiger partial charge in [0.2, 0.25) is 11.8 Å². The Morgan fingerprint density at radius 3 is 2.61 bits per heavy atom. The number of aryl methyl sites for hydroxylation is 1. The number of nitrogens with zero attached hydrogens (tertiary/aromatic N) is 4. The minimum atomic E-state index is 0.000740. The number of carbonyl (C=O) groups is 2. The van der Waals surface area contributed by atoms with Crippen molar-refractivity contribution in [2.75, 3.05) is 13.1 Å². The van der Waals surface area contributed by atoms with E-state index < -0.39 is 0 Å². The number of hydrogen-bond acceptors (Lipinski definition) is 4. The summed E-state index contributed by atoms with van der Waals surface area (Å²) in [4.78, 5) is 26.3. The van der Waals surface area contributed by atoms with E-state index >= 15 is 0 Å². The Kier molecular flexibility index (Phi) is 4.93. The molecule has 2 heterocycles. The van der Waals surface area contributed by atoms with Crippen molar-refractivity contribution in [1.29, 1.82) is 0 Å². The molecule has 7 heteroatoms. The quantitative estimate of drug-likeness (QED) is 0.846. The van der Waals surface area contributed by atoms with Gasteiger partial charge in [-0.05, 0) is 32.1 Å². The second-order valence-electron chi connectivity index (χ2n) is 6.53. The van der Waals surface area contributed by atoms with Gasteiger partial charge in [0, 0.05) is 31.5 Å². The normalized spacial score (nSPS) is 18.9. The third-order valence-corrected chi connectivity index (χ3v) is 4.68. The molecule has 0 unspecified atom stereocenters. The predicted molar refractivity (Wildman–Crippen MR) is 84.2 cm³/mol. The van der Waals surface area contributed by atoms with Gasteiger partial charge in [0.1, 0.15) is 6.33 Å². The molecule has 2 aliphatic rings. The van der Waals surface area contributed by atoms with E-state index in [0.717, 1.165) is 44.5 Å². The van der Waals surface area contributed by atoms with Crippen LogP contribution in [0.1, 0.15) is 44.9 Å². The minimum Gasteiger partial charge on any atom is -0.349 e. The van der Waals surface area contributed by atoms with Crippen LogP contribution in [0.5, 0.6) is 0 Å². The van der Waals surface area contributed by atoms with Gasteiger partial charge in [-0.3, -0.25) is 9.59 Å². The highest BCUT2D eigenvalue weighted by Gasteiger charge is 2.35. The highest BCUT2D eigenvalue weighted by molar-refractivity contribution is 5.82. The fourth-order valence-electron chi connectivity index (χ4n) is 3.10. The Morgan fingerprint density at radius 1 is 1.22 bits per heavy atom. The summed E-state index contributed by atoms with van der Waals surface area (Å²) >= 11 is 0. The van der Waals surface area contributed by atoms with E-state index in [-0.39, 0.29) is 23.7 Å². The molecular weight excluding hydrogens is 294 g/mol. The van der Waals surface area contributed by atoms with Crippen LogP contribution < -0.4 is 5.32 Å². The van der Waals surface area contributed by atoms with E-state index in [1.54, 1.807) is 6.33 Å². The summed E-state index contributed by atoms with van der Waals surface area (Å²) in [6.07, 6.45) is 6.30.